The van der Waals surface area contributed by atoms with Crippen LogP contribution in [0.1, 0.15) is 5.56 Å². The number of para-hydroxylation sites is 2. The van der Waals surface area contributed by atoms with E-state index in [4.69, 9.17) is 5.10 Å². The van der Waals surface area contributed by atoms with E-state index in [9.17, 15) is 10.1 Å². The van der Waals surface area contributed by atoms with Gasteiger partial charge in [0.15, 0.2) is 0 Å². The number of hydrogen-bond acceptors (Lipinski definition) is 4. The highest BCUT2D eigenvalue weighted by Gasteiger charge is 2.27. The third-order valence-corrected chi connectivity index (χ3v) is 4.98. The zero-order chi connectivity index (χ0) is 18.4. The van der Waals surface area contributed by atoms with Gasteiger partial charge < -0.3 is 5.32 Å². The first kappa shape index (κ1) is 15.6. The second-order valence-electron chi connectivity index (χ2n) is 6.57. The minimum Gasteiger partial charge on any atom is -0.369 e. The fraction of sp³-hybridized carbons (Fsp3) is 0.0952. The second kappa shape index (κ2) is 5.95. The molecule has 1 N–H and O–H groups in total. The number of hydrogen-bond donors (Lipinski definition) is 1. The predicted molar refractivity (Wildman–Crippen MR) is 105 cm³/mol. The smallest absolute Gasteiger partial charge is 0.294 e. The molecule has 0 atom stereocenters. The van der Waals surface area contributed by atoms with Gasteiger partial charge in [0.25, 0.3) is 5.69 Å². The Balaban J connectivity index is 1.72. The quantitative estimate of drug-likeness (QED) is 0.431. The van der Waals surface area contributed by atoms with Crippen molar-refractivity contribution in [2.45, 2.75) is 6.42 Å². The van der Waals surface area contributed by atoms with Gasteiger partial charge in [-0.2, -0.15) is 5.10 Å². The lowest BCUT2D eigenvalue weighted by Crippen LogP contribution is -2.06. The van der Waals surface area contributed by atoms with Gasteiger partial charge in [0.05, 0.1) is 10.6 Å². The molecule has 0 saturated carbocycles. The van der Waals surface area contributed by atoms with Crippen molar-refractivity contribution in [2.24, 2.45) is 0 Å². The summed E-state index contributed by atoms with van der Waals surface area (Å²) in [5, 5.41) is 21.9. The minimum atomic E-state index is -0.367. The summed E-state index contributed by atoms with van der Waals surface area (Å²) < 4.78 is 1.67. The molecule has 4 aromatic rings. The summed E-state index contributed by atoms with van der Waals surface area (Å²) in [7, 11) is 0. The SMILES string of the molecule is O=[N+]([O-])c1ccccc1-n1nc(-c2ccc3ccccc3c2)c2c1NCC2. The summed E-state index contributed by atoms with van der Waals surface area (Å²) in [5.41, 5.74) is 3.51. The van der Waals surface area contributed by atoms with Crippen molar-refractivity contribution in [2.75, 3.05) is 11.9 Å². The largest absolute Gasteiger partial charge is 0.369 e. The molecule has 1 aliphatic heterocycles. The zero-order valence-corrected chi connectivity index (χ0v) is 14.4. The molecule has 3 aromatic carbocycles. The molecule has 0 saturated heterocycles. The Morgan fingerprint density at radius 1 is 1.00 bits per heavy atom. The van der Waals surface area contributed by atoms with Crippen LogP contribution in [-0.2, 0) is 6.42 Å². The highest BCUT2D eigenvalue weighted by molar-refractivity contribution is 5.88. The van der Waals surface area contributed by atoms with E-state index in [0.29, 0.717) is 5.69 Å². The summed E-state index contributed by atoms with van der Waals surface area (Å²) in [5.74, 6) is 0.840. The molecular weight excluding hydrogens is 340 g/mol. The van der Waals surface area contributed by atoms with Gasteiger partial charge >= 0.3 is 0 Å². The van der Waals surface area contributed by atoms with E-state index in [1.807, 2.05) is 12.1 Å². The number of nitro groups is 1. The minimum absolute atomic E-state index is 0.0431. The molecule has 0 radical (unpaired) electrons. The number of nitrogens with zero attached hydrogens (tertiary/aromatic N) is 3. The summed E-state index contributed by atoms with van der Waals surface area (Å²) >= 11 is 0. The maximum Gasteiger partial charge on any atom is 0.294 e. The maximum atomic E-state index is 11.5. The van der Waals surface area contributed by atoms with E-state index < -0.39 is 0 Å². The average molecular weight is 356 g/mol. The number of rotatable bonds is 3. The highest BCUT2D eigenvalue weighted by atomic mass is 16.6. The zero-order valence-electron chi connectivity index (χ0n) is 14.4. The van der Waals surface area contributed by atoms with Crippen molar-refractivity contribution >= 4 is 22.3 Å². The van der Waals surface area contributed by atoms with E-state index in [-0.39, 0.29) is 10.6 Å². The standard InChI is InChI=1S/C21H16N4O2/c26-25(27)19-8-4-3-7-18(19)24-21-17(11-12-22-21)20(23-24)16-10-9-14-5-1-2-6-15(14)13-16/h1-10,13,22H,11-12H2. The van der Waals surface area contributed by atoms with E-state index in [1.54, 1.807) is 22.9 Å². The van der Waals surface area contributed by atoms with Crippen molar-refractivity contribution in [3.8, 4) is 16.9 Å². The predicted octanol–water partition coefficient (Wildman–Crippen LogP) is 4.57. The maximum absolute atomic E-state index is 11.5. The molecule has 132 valence electrons. The molecule has 1 aliphatic rings. The van der Waals surface area contributed by atoms with Crippen LogP contribution in [0, 0.1) is 10.1 Å². The molecule has 0 aliphatic carbocycles. The van der Waals surface area contributed by atoms with Crippen LogP contribution in [0.4, 0.5) is 11.5 Å². The van der Waals surface area contributed by atoms with E-state index in [1.165, 1.54) is 11.5 Å². The van der Waals surface area contributed by atoms with Gasteiger partial charge in [0.1, 0.15) is 11.5 Å². The Morgan fingerprint density at radius 3 is 2.63 bits per heavy atom. The van der Waals surface area contributed by atoms with Gasteiger partial charge in [0, 0.05) is 23.7 Å². The summed E-state index contributed by atoms with van der Waals surface area (Å²) in [6.07, 6.45) is 0.845. The number of fused-ring (bicyclic) bond motifs is 2. The van der Waals surface area contributed by atoms with Crippen molar-refractivity contribution < 1.29 is 4.92 Å². The van der Waals surface area contributed by atoms with Crippen molar-refractivity contribution in [3.63, 3.8) is 0 Å². The van der Waals surface area contributed by atoms with Crippen LogP contribution in [0.3, 0.4) is 0 Å². The monoisotopic (exact) mass is 356 g/mol. The van der Waals surface area contributed by atoms with E-state index >= 15 is 0 Å². The first-order valence-electron chi connectivity index (χ1n) is 8.81. The van der Waals surface area contributed by atoms with Gasteiger partial charge in [-0.05, 0) is 29.3 Å². The fourth-order valence-corrected chi connectivity index (χ4v) is 3.72. The molecule has 6 nitrogen and oxygen atoms in total. The molecule has 0 bridgehead atoms. The third-order valence-electron chi connectivity index (χ3n) is 4.98. The van der Waals surface area contributed by atoms with E-state index in [2.05, 4.69) is 35.6 Å². The van der Waals surface area contributed by atoms with Crippen molar-refractivity contribution in [1.29, 1.82) is 0 Å². The Kier molecular flexibility index (Phi) is 3.43. The van der Waals surface area contributed by atoms with Gasteiger partial charge in [-0.15, -0.1) is 0 Å². The number of anilines is 1. The number of nitro benzene ring substituents is 1. The molecule has 0 unspecified atom stereocenters. The number of aromatic nitrogens is 2. The number of nitrogens with one attached hydrogen (secondary N) is 1. The molecule has 0 spiro atoms. The lowest BCUT2D eigenvalue weighted by Gasteiger charge is -2.07. The van der Waals surface area contributed by atoms with Gasteiger partial charge in [-0.25, -0.2) is 4.68 Å². The molecule has 0 amide bonds. The van der Waals surface area contributed by atoms with Crippen molar-refractivity contribution in [1.82, 2.24) is 9.78 Å². The Bertz CT molecular complexity index is 1200. The van der Waals surface area contributed by atoms with E-state index in [0.717, 1.165) is 41.0 Å². The van der Waals surface area contributed by atoms with Gasteiger partial charge in [-0.3, -0.25) is 10.1 Å². The first-order chi connectivity index (χ1) is 13.2. The lowest BCUT2D eigenvalue weighted by atomic mass is 10.0. The molecule has 27 heavy (non-hydrogen) atoms. The van der Waals surface area contributed by atoms with Crippen LogP contribution in [0.15, 0.2) is 66.7 Å². The molecular formula is C21H16N4O2. The molecule has 1 aromatic heterocycles. The van der Waals surface area contributed by atoms with Crippen LogP contribution >= 0.6 is 0 Å². The summed E-state index contributed by atoms with van der Waals surface area (Å²) in [6, 6.07) is 21.2. The Morgan fingerprint density at radius 2 is 1.78 bits per heavy atom. The second-order valence-corrected chi connectivity index (χ2v) is 6.57. The van der Waals surface area contributed by atoms with Crippen molar-refractivity contribution in [3.05, 3.63) is 82.4 Å². The molecule has 5 rings (SSSR count). The first-order valence-corrected chi connectivity index (χ1v) is 8.81. The topological polar surface area (TPSA) is 73.0 Å². The van der Waals surface area contributed by atoms with Gasteiger partial charge in [-0.1, -0.05) is 48.5 Å². The molecule has 0 fully saturated rings. The summed E-state index contributed by atoms with van der Waals surface area (Å²) in [6.45, 7) is 0.800. The average Bonchev–Trinajstić information content (AvgIpc) is 3.30. The Labute approximate surface area is 155 Å². The van der Waals surface area contributed by atoms with Crippen LogP contribution in [0.25, 0.3) is 27.7 Å². The normalized spacial score (nSPS) is 12.7. The Hall–Kier alpha value is -3.67. The van der Waals surface area contributed by atoms with Crippen LogP contribution < -0.4 is 5.32 Å². The van der Waals surface area contributed by atoms with Crippen LogP contribution in [0.2, 0.25) is 0 Å². The fourth-order valence-electron chi connectivity index (χ4n) is 3.72. The number of benzene rings is 3. The summed E-state index contributed by atoms with van der Waals surface area (Å²) in [4.78, 5) is 11.1. The van der Waals surface area contributed by atoms with Gasteiger partial charge in [0.2, 0.25) is 0 Å². The highest BCUT2D eigenvalue weighted by Crippen LogP contribution is 2.37. The van der Waals surface area contributed by atoms with Crippen LogP contribution in [-0.4, -0.2) is 21.2 Å². The molecule has 2 heterocycles. The third kappa shape index (κ3) is 2.45. The lowest BCUT2D eigenvalue weighted by molar-refractivity contribution is -0.384. The molecule has 6 heteroatoms. The van der Waals surface area contributed by atoms with Crippen LogP contribution in [0.5, 0.6) is 0 Å².